The molecule has 0 aromatic carbocycles. The third-order valence-corrected chi connectivity index (χ3v) is 4.32. The highest BCUT2D eigenvalue weighted by molar-refractivity contribution is 4.80. The van der Waals surface area contributed by atoms with E-state index in [1.54, 1.807) is 0 Å². The Labute approximate surface area is 121 Å². The van der Waals surface area contributed by atoms with Gasteiger partial charge in [0, 0.05) is 25.2 Å². The second-order valence-corrected chi connectivity index (χ2v) is 6.84. The number of hydrogen-bond donors (Lipinski definition) is 1. The first kappa shape index (κ1) is 17.0. The average molecular weight is 268 g/mol. The molecule has 1 saturated heterocycles. The Morgan fingerprint density at radius 1 is 1.16 bits per heavy atom. The largest absolute Gasteiger partial charge is 0.313 e. The zero-order chi connectivity index (χ0) is 14.1. The summed E-state index contributed by atoms with van der Waals surface area (Å²) in [5, 5.41) is 3.65. The van der Waals surface area contributed by atoms with Crippen LogP contribution in [0, 0.1) is 5.92 Å². The summed E-state index contributed by atoms with van der Waals surface area (Å²) in [6, 6.07) is 1.50. The van der Waals surface area contributed by atoms with Gasteiger partial charge in [0.1, 0.15) is 0 Å². The minimum atomic E-state index is 0.747. The first-order valence-corrected chi connectivity index (χ1v) is 8.61. The van der Waals surface area contributed by atoms with Crippen molar-refractivity contribution in [2.45, 2.75) is 84.7 Å². The molecule has 1 aliphatic rings. The lowest BCUT2D eigenvalue weighted by Gasteiger charge is -2.33. The van der Waals surface area contributed by atoms with Crippen molar-refractivity contribution in [1.82, 2.24) is 10.2 Å². The van der Waals surface area contributed by atoms with Crippen LogP contribution in [-0.4, -0.2) is 36.6 Å². The maximum absolute atomic E-state index is 3.65. The van der Waals surface area contributed by atoms with E-state index in [2.05, 4.69) is 37.9 Å². The molecular formula is C17H36N2. The number of nitrogens with one attached hydrogen (secondary N) is 1. The summed E-state index contributed by atoms with van der Waals surface area (Å²) in [5.74, 6) is 0.777. The molecule has 2 atom stereocenters. The van der Waals surface area contributed by atoms with Gasteiger partial charge in [-0.25, -0.2) is 0 Å². The third kappa shape index (κ3) is 7.31. The summed E-state index contributed by atoms with van der Waals surface area (Å²) < 4.78 is 0. The van der Waals surface area contributed by atoms with Crippen LogP contribution in [0.2, 0.25) is 0 Å². The normalized spacial score (nSPS) is 21.5. The molecule has 0 bridgehead atoms. The number of rotatable bonds is 10. The molecule has 1 aliphatic heterocycles. The van der Waals surface area contributed by atoms with E-state index in [4.69, 9.17) is 0 Å². The molecule has 114 valence electrons. The molecule has 0 aromatic rings. The lowest BCUT2D eigenvalue weighted by Crippen LogP contribution is -2.44. The van der Waals surface area contributed by atoms with Crippen LogP contribution in [0.5, 0.6) is 0 Å². The summed E-state index contributed by atoms with van der Waals surface area (Å²) >= 11 is 0. The van der Waals surface area contributed by atoms with Gasteiger partial charge in [-0.05, 0) is 38.6 Å². The van der Waals surface area contributed by atoms with Gasteiger partial charge in [-0.3, -0.25) is 4.90 Å². The molecule has 0 saturated carbocycles. The fourth-order valence-electron chi connectivity index (χ4n) is 3.15. The van der Waals surface area contributed by atoms with E-state index in [0.717, 1.165) is 18.0 Å². The molecule has 2 heteroatoms. The van der Waals surface area contributed by atoms with Crippen molar-refractivity contribution in [2.24, 2.45) is 5.92 Å². The Morgan fingerprint density at radius 2 is 1.95 bits per heavy atom. The Kier molecular flexibility index (Phi) is 8.72. The molecule has 0 spiro atoms. The van der Waals surface area contributed by atoms with E-state index in [1.165, 1.54) is 64.6 Å². The summed E-state index contributed by atoms with van der Waals surface area (Å²) in [6.45, 7) is 13.2. The van der Waals surface area contributed by atoms with Gasteiger partial charge in [-0.1, -0.05) is 46.5 Å². The first-order valence-electron chi connectivity index (χ1n) is 8.61. The second kappa shape index (κ2) is 9.77. The fraction of sp³-hybridized carbons (Fsp3) is 1.00. The van der Waals surface area contributed by atoms with Crippen LogP contribution in [-0.2, 0) is 0 Å². The average Bonchev–Trinajstić information content (AvgIpc) is 2.86. The lowest BCUT2D eigenvalue weighted by molar-refractivity contribution is 0.161. The Bertz CT molecular complexity index is 209. The maximum Gasteiger partial charge on any atom is 0.0195 e. The van der Waals surface area contributed by atoms with Crippen molar-refractivity contribution in [3.8, 4) is 0 Å². The van der Waals surface area contributed by atoms with Gasteiger partial charge in [0.15, 0.2) is 0 Å². The van der Waals surface area contributed by atoms with E-state index < -0.39 is 0 Å². The molecule has 1 rings (SSSR count). The fourth-order valence-corrected chi connectivity index (χ4v) is 3.15. The molecule has 2 nitrogen and oxygen atoms in total. The highest BCUT2D eigenvalue weighted by Crippen LogP contribution is 2.15. The first-order chi connectivity index (χ1) is 9.13. The molecular weight excluding hydrogens is 232 g/mol. The zero-order valence-electron chi connectivity index (χ0n) is 13.8. The van der Waals surface area contributed by atoms with Crippen LogP contribution < -0.4 is 5.32 Å². The molecule has 0 aromatic heterocycles. The van der Waals surface area contributed by atoms with Crippen molar-refractivity contribution < 1.29 is 0 Å². The van der Waals surface area contributed by atoms with Gasteiger partial charge >= 0.3 is 0 Å². The summed E-state index contributed by atoms with van der Waals surface area (Å²) in [4.78, 5) is 2.74. The van der Waals surface area contributed by atoms with Crippen molar-refractivity contribution >= 4 is 0 Å². The quantitative estimate of drug-likeness (QED) is 0.601. The van der Waals surface area contributed by atoms with Crippen molar-refractivity contribution in [3.05, 3.63) is 0 Å². The van der Waals surface area contributed by atoms with Crippen molar-refractivity contribution in [2.75, 3.05) is 19.6 Å². The predicted molar refractivity (Wildman–Crippen MR) is 85.7 cm³/mol. The van der Waals surface area contributed by atoms with Crippen molar-refractivity contribution in [3.63, 3.8) is 0 Å². The Balaban J connectivity index is 2.33. The van der Waals surface area contributed by atoms with Gasteiger partial charge in [-0.15, -0.1) is 0 Å². The van der Waals surface area contributed by atoms with Crippen LogP contribution in [0.1, 0.15) is 72.6 Å². The number of hydrogen-bond acceptors (Lipinski definition) is 2. The molecule has 19 heavy (non-hydrogen) atoms. The van der Waals surface area contributed by atoms with Crippen LogP contribution in [0.25, 0.3) is 0 Å². The summed E-state index contributed by atoms with van der Waals surface area (Å²) in [5.41, 5.74) is 0. The highest BCUT2D eigenvalue weighted by Gasteiger charge is 2.21. The Morgan fingerprint density at radius 3 is 2.53 bits per heavy atom. The van der Waals surface area contributed by atoms with Gasteiger partial charge < -0.3 is 5.32 Å². The lowest BCUT2D eigenvalue weighted by atomic mass is 10.0. The maximum atomic E-state index is 3.65. The SMILES string of the molecule is CCCCCCC(C)N(CC(C)C)CC1CCCN1. The molecule has 2 unspecified atom stereocenters. The molecule has 0 radical (unpaired) electrons. The van der Waals surface area contributed by atoms with Gasteiger partial charge in [0.25, 0.3) is 0 Å². The predicted octanol–water partition coefficient (Wildman–Crippen LogP) is 4.06. The molecule has 1 heterocycles. The monoisotopic (exact) mass is 268 g/mol. The second-order valence-electron chi connectivity index (χ2n) is 6.84. The standard InChI is InChI=1S/C17H36N2/c1-5-6-7-8-10-16(4)19(13-15(2)3)14-17-11-9-12-18-17/h15-18H,5-14H2,1-4H3. The minimum Gasteiger partial charge on any atom is -0.313 e. The number of nitrogens with zero attached hydrogens (tertiary/aromatic N) is 1. The van der Waals surface area contributed by atoms with Gasteiger partial charge in [0.2, 0.25) is 0 Å². The third-order valence-electron chi connectivity index (χ3n) is 4.32. The van der Waals surface area contributed by atoms with Crippen LogP contribution >= 0.6 is 0 Å². The Hall–Kier alpha value is -0.0800. The van der Waals surface area contributed by atoms with Crippen molar-refractivity contribution in [1.29, 1.82) is 0 Å². The highest BCUT2D eigenvalue weighted by atomic mass is 15.2. The van der Waals surface area contributed by atoms with Crippen LogP contribution in [0.15, 0.2) is 0 Å². The van der Waals surface area contributed by atoms with Gasteiger partial charge in [-0.2, -0.15) is 0 Å². The van der Waals surface area contributed by atoms with E-state index >= 15 is 0 Å². The molecule has 0 aliphatic carbocycles. The topological polar surface area (TPSA) is 15.3 Å². The van der Waals surface area contributed by atoms with E-state index in [0.29, 0.717) is 0 Å². The molecule has 1 N–H and O–H groups in total. The smallest absolute Gasteiger partial charge is 0.0195 e. The molecule has 1 fully saturated rings. The van der Waals surface area contributed by atoms with Gasteiger partial charge in [0.05, 0.1) is 0 Å². The molecule has 0 amide bonds. The summed E-state index contributed by atoms with van der Waals surface area (Å²) in [7, 11) is 0. The van der Waals surface area contributed by atoms with Crippen LogP contribution in [0.4, 0.5) is 0 Å². The summed E-state index contributed by atoms with van der Waals surface area (Å²) in [6.07, 6.45) is 9.68. The van der Waals surface area contributed by atoms with Crippen LogP contribution in [0.3, 0.4) is 0 Å². The minimum absolute atomic E-state index is 0.747. The number of unbranched alkanes of at least 4 members (excludes halogenated alkanes) is 3. The van der Waals surface area contributed by atoms with E-state index in [-0.39, 0.29) is 0 Å². The van der Waals surface area contributed by atoms with E-state index in [9.17, 15) is 0 Å². The zero-order valence-corrected chi connectivity index (χ0v) is 13.8. The van der Waals surface area contributed by atoms with E-state index in [1.807, 2.05) is 0 Å².